The first-order chi connectivity index (χ1) is 13.3. The van der Waals surface area contributed by atoms with Crippen LogP contribution in [-0.4, -0.2) is 15.3 Å². The van der Waals surface area contributed by atoms with Gasteiger partial charge in [-0.15, -0.1) is 11.3 Å². The highest BCUT2D eigenvalue weighted by Crippen LogP contribution is 2.35. The van der Waals surface area contributed by atoms with Gasteiger partial charge in [0.2, 0.25) is 0 Å². The summed E-state index contributed by atoms with van der Waals surface area (Å²) in [6.07, 6.45) is 9.45. The number of unbranched alkanes of at least 4 members (excludes halogenated alkanes) is 3. The molecule has 142 valence electrons. The number of thiophene rings is 1. The van der Waals surface area contributed by atoms with Gasteiger partial charge in [0, 0.05) is 10.6 Å². The van der Waals surface area contributed by atoms with E-state index in [0.717, 1.165) is 39.7 Å². The van der Waals surface area contributed by atoms with Crippen LogP contribution in [0.2, 0.25) is 0 Å². The molecule has 0 fully saturated rings. The maximum absolute atomic E-state index is 13.5. The van der Waals surface area contributed by atoms with Crippen molar-refractivity contribution in [1.82, 2.24) is 9.55 Å². The molecule has 0 radical (unpaired) electrons. The molecular formula is C22H26N2OS2. The van der Waals surface area contributed by atoms with Crippen LogP contribution in [0.5, 0.6) is 0 Å². The number of nitrogens with zero attached hydrogens (tertiary/aromatic N) is 2. The van der Waals surface area contributed by atoms with Crippen molar-refractivity contribution in [3.05, 3.63) is 51.1 Å². The number of hydrogen-bond acceptors (Lipinski definition) is 4. The molecule has 5 heteroatoms. The van der Waals surface area contributed by atoms with Crippen molar-refractivity contribution in [2.45, 2.75) is 63.4 Å². The van der Waals surface area contributed by atoms with Crippen LogP contribution in [0.1, 0.15) is 55.9 Å². The van der Waals surface area contributed by atoms with E-state index in [9.17, 15) is 4.79 Å². The Balaban J connectivity index is 1.79. The van der Waals surface area contributed by atoms with Gasteiger partial charge in [0.1, 0.15) is 4.83 Å². The number of rotatable bonds is 7. The zero-order valence-electron chi connectivity index (χ0n) is 15.9. The summed E-state index contributed by atoms with van der Waals surface area (Å²) in [6.45, 7) is 2.23. The third-order valence-electron chi connectivity index (χ3n) is 5.20. The summed E-state index contributed by atoms with van der Waals surface area (Å²) in [7, 11) is 0. The SMILES string of the molecule is CCCCCCSc1nc2sc3c(c2c(=O)n1-c1ccccc1)CCCC3. The summed E-state index contributed by atoms with van der Waals surface area (Å²) in [6, 6.07) is 9.99. The van der Waals surface area contributed by atoms with E-state index < -0.39 is 0 Å². The Morgan fingerprint density at radius 2 is 1.93 bits per heavy atom. The molecule has 3 nitrogen and oxygen atoms in total. The standard InChI is InChI=1S/C22H26N2OS2/c1-2-3-4-10-15-26-22-23-20-19(17-13-8-9-14-18(17)27-20)21(25)24(22)16-11-6-5-7-12-16/h5-7,11-12H,2-4,8-10,13-15H2,1H3. The minimum atomic E-state index is 0.113. The normalized spacial score (nSPS) is 13.8. The predicted molar refractivity (Wildman–Crippen MR) is 117 cm³/mol. The van der Waals surface area contributed by atoms with Crippen molar-refractivity contribution >= 4 is 33.3 Å². The fourth-order valence-corrected chi connectivity index (χ4v) is 6.09. The maximum atomic E-state index is 13.5. The minimum Gasteiger partial charge on any atom is -0.268 e. The van der Waals surface area contributed by atoms with Gasteiger partial charge in [0.05, 0.1) is 11.1 Å². The highest BCUT2D eigenvalue weighted by atomic mass is 32.2. The second-order valence-electron chi connectivity index (χ2n) is 7.17. The van der Waals surface area contributed by atoms with Crippen LogP contribution in [0.3, 0.4) is 0 Å². The quantitative estimate of drug-likeness (QED) is 0.278. The van der Waals surface area contributed by atoms with Gasteiger partial charge in [0.15, 0.2) is 5.16 Å². The molecule has 27 heavy (non-hydrogen) atoms. The summed E-state index contributed by atoms with van der Waals surface area (Å²) < 4.78 is 1.84. The third-order valence-corrected chi connectivity index (χ3v) is 7.41. The van der Waals surface area contributed by atoms with Gasteiger partial charge in [-0.1, -0.05) is 56.1 Å². The summed E-state index contributed by atoms with van der Waals surface area (Å²) in [4.78, 5) is 20.8. The molecule has 0 aliphatic heterocycles. The van der Waals surface area contributed by atoms with E-state index in [4.69, 9.17) is 4.98 Å². The number of para-hydroxylation sites is 1. The molecule has 3 aromatic rings. The highest BCUT2D eigenvalue weighted by Gasteiger charge is 2.22. The molecule has 0 atom stereocenters. The molecule has 4 rings (SSSR count). The number of benzene rings is 1. The molecule has 1 aliphatic carbocycles. The zero-order valence-corrected chi connectivity index (χ0v) is 17.5. The Hall–Kier alpha value is -1.59. The molecule has 2 heterocycles. The van der Waals surface area contributed by atoms with E-state index in [1.165, 1.54) is 49.0 Å². The molecule has 0 unspecified atom stereocenters. The van der Waals surface area contributed by atoms with Crippen LogP contribution in [0.4, 0.5) is 0 Å². The Morgan fingerprint density at radius 1 is 1.11 bits per heavy atom. The molecule has 1 aliphatic rings. The second-order valence-corrected chi connectivity index (χ2v) is 9.32. The Kier molecular flexibility index (Phi) is 5.98. The van der Waals surface area contributed by atoms with Gasteiger partial charge < -0.3 is 0 Å². The lowest BCUT2D eigenvalue weighted by molar-refractivity contribution is 0.698. The summed E-state index contributed by atoms with van der Waals surface area (Å²) >= 11 is 3.47. The zero-order chi connectivity index (χ0) is 18.6. The molecule has 0 saturated carbocycles. The monoisotopic (exact) mass is 398 g/mol. The smallest absolute Gasteiger partial charge is 0.267 e. The van der Waals surface area contributed by atoms with Crippen molar-refractivity contribution in [2.24, 2.45) is 0 Å². The van der Waals surface area contributed by atoms with E-state index in [1.807, 2.05) is 34.9 Å². The fraction of sp³-hybridized carbons (Fsp3) is 0.455. The van der Waals surface area contributed by atoms with Gasteiger partial charge in [-0.25, -0.2) is 4.98 Å². The van der Waals surface area contributed by atoms with E-state index in [2.05, 4.69) is 6.92 Å². The maximum Gasteiger partial charge on any atom is 0.267 e. The molecule has 0 saturated heterocycles. The molecule has 1 aromatic carbocycles. The summed E-state index contributed by atoms with van der Waals surface area (Å²) in [5.74, 6) is 1.01. The highest BCUT2D eigenvalue weighted by molar-refractivity contribution is 7.99. The number of hydrogen-bond donors (Lipinski definition) is 0. The number of fused-ring (bicyclic) bond motifs is 3. The fourth-order valence-electron chi connectivity index (χ4n) is 3.78. The van der Waals surface area contributed by atoms with E-state index in [1.54, 1.807) is 23.1 Å². The van der Waals surface area contributed by atoms with Gasteiger partial charge in [-0.05, 0) is 49.8 Å². The van der Waals surface area contributed by atoms with Gasteiger partial charge in [0.25, 0.3) is 5.56 Å². The van der Waals surface area contributed by atoms with Crippen molar-refractivity contribution in [1.29, 1.82) is 0 Å². The van der Waals surface area contributed by atoms with Crippen LogP contribution < -0.4 is 5.56 Å². The molecule has 0 bridgehead atoms. The predicted octanol–water partition coefficient (Wildman–Crippen LogP) is 6.00. The number of aromatic nitrogens is 2. The molecular weight excluding hydrogens is 372 g/mol. The first kappa shape index (κ1) is 18.8. The Bertz CT molecular complexity index is 975. The van der Waals surface area contributed by atoms with E-state index in [0.29, 0.717) is 0 Å². The molecule has 0 N–H and O–H groups in total. The average molecular weight is 399 g/mol. The van der Waals surface area contributed by atoms with Gasteiger partial charge >= 0.3 is 0 Å². The van der Waals surface area contributed by atoms with Crippen LogP contribution in [0, 0.1) is 0 Å². The first-order valence-corrected chi connectivity index (χ1v) is 11.9. The second kappa shape index (κ2) is 8.61. The number of thioether (sulfide) groups is 1. The summed E-state index contributed by atoms with van der Waals surface area (Å²) in [5, 5.41) is 1.71. The van der Waals surface area contributed by atoms with Crippen molar-refractivity contribution < 1.29 is 0 Å². The molecule has 0 spiro atoms. The Labute approximate surface area is 168 Å². The van der Waals surface area contributed by atoms with E-state index >= 15 is 0 Å². The largest absolute Gasteiger partial charge is 0.268 e. The summed E-state index contributed by atoms with van der Waals surface area (Å²) in [5.41, 5.74) is 2.30. The topological polar surface area (TPSA) is 34.9 Å². The first-order valence-electron chi connectivity index (χ1n) is 10.0. The van der Waals surface area contributed by atoms with Gasteiger partial charge in [-0.3, -0.25) is 9.36 Å². The van der Waals surface area contributed by atoms with E-state index in [-0.39, 0.29) is 5.56 Å². The van der Waals surface area contributed by atoms with Crippen LogP contribution in [0.15, 0.2) is 40.3 Å². The lowest BCUT2D eigenvalue weighted by Gasteiger charge is -2.13. The Morgan fingerprint density at radius 3 is 2.74 bits per heavy atom. The molecule has 2 aromatic heterocycles. The average Bonchev–Trinajstić information content (AvgIpc) is 3.07. The molecule has 0 amide bonds. The minimum absolute atomic E-state index is 0.113. The van der Waals surface area contributed by atoms with Crippen molar-refractivity contribution in [3.8, 4) is 5.69 Å². The third kappa shape index (κ3) is 3.85. The van der Waals surface area contributed by atoms with Crippen molar-refractivity contribution in [2.75, 3.05) is 5.75 Å². The number of aryl methyl sites for hydroxylation is 2. The van der Waals surface area contributed by atoms with Crippen molar-refractivity contribution in [3.63, 3.8) is 0 Å². The lowest BCUT2D eigenvalue weighted by Crippen LogP contribution is -2.22. The lowest BCUT2D eigenvalue weighted by atomic mass is 9.97. The van der Waals surface area contributed by atoms with Crippen LogP contribution in [0.25, 0.3) is 15.9 Å². The van der Waals surface area contributed by atoms with Crippen LogP contribution in [-0.2, 0) is 12.8 Å². The van der Waals surface area contributed by atoms with Crippen LogP contribution >= 0.6 is 23.1 Å². The van der Waals surface area contributed by atoms with Gasteiger partial charge in [-0.2, -0.15) is 0 Å².